The standard InChI is InChI=1S/C42H31NO/c1-29-27-31-17-8-9-22-35(31)41(30-15-4-2-5-16-30)43-40(29)32-18-14-21-34(28-32)42(33-19-6-3-7-20-33)36-23-10-12-25-38(36)44-39-26-13-11-24-37(39)42/h2-26,28,40H,1,27H2. The molecule has 0 aromatic heterocycles. The summed E-state index contributed by atoms with van der Waals surface area (Å²) in [6.45, 7) is 4.62. The van der Waals surface area contributed by atoms with Crippen molar-refractivity contribution < 1.29 is 4.74 Å². The quantitative estimate of drug-likeness (QED) is 0.195. The molecule has 210 valence electrons. The number of para-hydroxylation sites is 2. The second-order valence-corrected chi connectivity index (χ2v) is 11.6. The van der Waals surface area contributed by atoms with Crippen molar-refractivity contribution in [1.82, 2.24) is 0 Å². The van der Waals surface area contributed by atoms with E-state index >= 15 is 0 Å². The Hall–Kier alpha value is -5.47. The van der Waals surface area contributed by atoms with Crippen LogP contribution in [0.1, 0.15) is 50.5 Å². The van der Waals surface area contributed by atoms with Crippen LogP contribution in [0.5, 0.6) is 11.5 Å². The number of ether oxygens (including phenoxy) is 1. The molecule has 2 heteroatoms. The number of nitrogens with zero attached hydrogens (tertiary/aromatic N) is 1. The van der Waals surface area contributed by atoms with Gasteiger partial charge in [-0.1, -0.05) is 152 Å². The first-order valence-corrected chi connectivity index (χ1v) is 15.2. The van der Waals surface area contributed by atoms with E-state index in [1.165, 1.54) is 22.3 Å². The van der Waals surface area contributed by atoms with E-state index in [9.17, 15) is 0 Å². The summed E-state index contributed by atoms with van der Waals surface area (Å²) in [5.74, 6) is 1.75. The largest absolute Gasteiger partial charge is 0.457 e. The fourth-order valence-corrected chi connectivity index (χ4v) is 7.09. The highest BCUT2D eigenvalue weighted by atomic mass is 16.5. The molecule has 1 unspecified atom stereocenters. The van der Waals surface area contributed by atoms with Gasteiger partial charge >= 0.3 is 0 Å². The Labute approximate surface area is 258 Å². The van der Waals surface area contributed by atoms with Gasteiger partial charge in [0.1, 0.15) is 11.5 Å². The van der Waals surface area contributed by atoms with E-state index in [2.05, 4.69) is 152 Å². The number of hydrogen-bond acceptors (Lipinski definition) is 2. The summed E-state index contributed by atoms with van der Waals surface area (Å²) in [4.78, 5) is 5.50. The number of hydrogen-bond donors (Lipinski definition) is 0. The third kappa shape index (κ3) is 4.14. The zero-order chi connectivity index (χ0) is 29.5. The number of aliphatic imine (C=N–C) groups is 1. The summed E-state index contributed by atoms with van der Waals surface area (Å²) >= 11 is 0. The third-order valence-corrected chi connectivity index (χ3v) is 9.03. The van der Waals surface area contributed by atoms with Gasteiger partial charge in [-0.15, -0.1) is 0 Å². The molecule has 44 heavy (non-hydrogen) atoms. The lowest BCUT2D eigenvalue weighted by molar-refractivity contribution is 0.434. The highest BCUT2D eigenvalue weighted by molar-refractivity contribution is 6.14. The number of fused-ring (bicyclic) bond motifs is 3. The van der Waals surface area contributed by atoms with Crippen LogP contribution in [0.3, 0.4) is 0 Å². The van der Waals surface area contributed by atoms with Gasteiger partial charge in [-0.2, -0.15) is 0 Å². The predicted octanol–water partition coefficient (Wildman–Crippen LogP) is 9.87. The lowest BCUT2D eigenvalue weighted by atomic mass is 9.63. The first-order valence-electron chi connectivity index (χ1n) is 15.2. The van der Waals surface area contributed by atoms with E-state index in [-0.39, 0.29) is 6.04 Å². The molecule has 1 atom stereocenters. The molecule has 0 N–H and O–H groups in total. The molecule has 2 heterocycles. The first-order chi connectivity index (χ1) is 21.7. The maximum Gasteiger partial charge on any atom is 0.132 e. The Balaban J connectivity index is 1.37. The van der Waals surface area contributed by atoms with Crippen LogP contribution in [0.15, 0.2) is 175 Å². The van der Waals surface area contributed by atoms with Crippen molar-refractivity contribution in [1.29, 1.82) is 0 Å². The van der Waals surface area contributed by atoms with Crippen molar-refractivity contribution in [2.45, 2.75) is 17.9 Å². The van der Waals surface area contributed by atoms with Crippen molar-refractivity contribution in [3.8, 4) is 11.5 Å². The Bertz CT molecular complexity index is 1990. The zero-order valence-electron chi connectivity index (χ0n) is 24.4. The van der Waals surface area contributed by atoms with Gasteiger partial charge in [-0.3, -0.25) is 4.99 Å². The third-order valence-electron chi connectivity index (χ3n) is 9.03. The molecule has 0 bridgehead atoms. The Morgan fingerprint density at radius 1 is 0.591 bits per heavy atom. The minimum atomic E-state index is -0.580. The monoisotopic (exact) mass is 565 g/mol. The van der Waals surface area contributed by atoms with Gasteiger partial charge in [0.2, 0.25) is 0 Å². The van der Waals surface area contributed by atoms with E-state index in [1.54, 1.807) is 0 Å². The van der Waals surface area contributed by atoms with Gasteiger partial charge in [0.05, 0.1) is 17.2 Å². The highest BCUT2D eigenvalue weighted by Gasteiger charge is 2.45. The molecule has 0 saturated carbocycles. The van der Waals surface area contributed by atoms with Crippen LogP contribution in [0.25, 0.3) is 0 Å². The van der Waals surface area contributed by atoms with Gasteiger partial charge < -0.3 is 4.74 Å². The van der Waals surface area contributed by atoms with Crippen LogP contribution < -0.4 is 4.74 Å². The van der Waals surface area contributed by atoms with Crippen LogP contribution in [-0.2, 0) is 11.8 Å². The van der Waals surface area contributed by atoms with Crippen molar-refractivity contribution >= 4 is 5.71 Å². The normalized spacial score (nSPS) is 16.4. The van der Waals surface area contributed by atoms with Crippen molar-refractivity contribution in [2.75, 3.05) is 0 Å². The molecule has 0 spiro atoms. The van der Waals surface area contributed by atoms with Crippen molar-refractivity contribution in [3.63, 3.8) is 0 Å². The minimum absolute atomic E-state index is 0.198. The molecular formula is C42H31NO. The van der Waals surface area contributed by atoms with E-state index in [0.717, 1.165) is 51.5 Å². The molecule has 2 aliphatic heterocycles. The lowest BCUT2D eigenvalue weighted by Gasteiger charge is -2.41. The van der Waals surface area contributed by atoms with Crippen molar-refractivity contribution in [2.24, 2.45) is 4.99 Å². The second kappa shape index (κ2) is 10.7. The summed E-state index contributed by atoms with van der Waals surface area (Å²) < 4.78 is 6.52. The van der Waals surface area contributed by atoms with E-state index < -0.39 is 5.41 Å². The average Bonchev–Trinajstić information content (AvgIpc) is 3.24. The molecule has 0 saturated heterocycles. The van der Waals surface area contributed by atoms with Gasteiger partial charge in [0.15, 0.2) is 0 Å². The summed E-state index contributed by atoms with van der Waals surface area (Å²) in [5, 5.41) is 0. The fraction of sp³-hybridized carbons (Fsp3) is 0.0714. The summed E-state index contributed by atoms with van der Waals surface area (Å²) in [6.07, 6.45) is 0.772. The minimum Gasteiger partial charge on any atom is -0.457 e. The van der Waals surface area contributed by atoms with Gasteiger partial charge in [-0.05, 0) is 46.4 Å². The molecule has 2 aliphatic rings. The topological polar surface area (TPSA) is 21.6 Å². The first kappa shape index (κ1) is 26.2. The molecule has 6 aromatic rings. The Morgan fingerprint density at radius 2 is 1.18 bits per heavy atom. The van der Waals surface area contributed by atoms with E-state index in [4.69, 9.17) is 9.73 Å². The SMILES string of the molecule is C=C1Cc2ccccc2C(c2ccccc2)=NC1c1cccc(C2(c3ccccc3)c3ccccc3Oc3ccccc32)c1. The van der Waals surface area contributed by atoms with E-state index in [1.807, 2.05) is 12.1 Å². The van der Waals surface area contributed by atoms with Gasteiger partial charge in [0, 0.05) is 22.3 Å². The Morgan fingerprint density at radius 3 is 1.91 bits per heavy atom. The molecule has 0 fully saturated rings. The summed E-state index contributed by atoms with van der Waals surface area (Å²) in [7, 11) is 0. The Kier molecular flexibility index (Phi) is 6.34. The van der Waals surface area contributed by atoms with Crippen LogP contribution >= 0.6 is 0 Å². The predicted molar refractivity (Wildman–Crippen MR) is 179 cm³/mol. The maximum atomic E-state index is 6.52. The summed E-state index contributed by atoms with van der Waals surface area (Å²) in [6, 6.07) is 55.6. The van der Waals surface area contributed by atoms with Crippen LogP contribution in [0.4, 0.5) is 0 Å². The zero-order valence-corrected chi connectivity index (χ0v) is 24.4. The van der Waals surface area contributed by atoms with Crippen LogP contribution in [0.2, 0.25) is 0 Å². The fourth-order valence-electron chi connectivity index (χ4n) is 7.09. The molecule has 8 rings (SSSR count). The highest BCUT2D eigenvalue weighted by Crippen LogP contribution is 2.55. The van der Waals surface area contributed by atoms with Gasteiger partial charge in [-0.25, -0.2) is 0 Å². The number of benzene rings is 6. The molecule has 0 aliphatic carbocycles. The van der Waals surface area contributed by atoms with Crippen LogP contribution in [-0.4, -0.2) is 5.71 Å². The maximum absolute atomic E-state index is 6.52. The molecule has 2 nitrogen and oxygen atoms in total. The van der Waals surface area contributed by atoms with Crippen molar-refractivity contribution in [3.05, 3.63) is 214 Å². The van der Waals surface area contributed by atoms with Gasteiger partial charge in [0.25, 0.3) is 0 Å². The lowest BCUT2D eigenvalue weighted by Crippen LogP contribution is -2.34. The molecule has 0 amide bonds. The van der Waals surface area contributed by atoms with Crippen LogP contribution in [0, 0.1) is 0 Å². The molecule has 0 radical (unpaired) electrons. The summed E-state index contributed by atoms with van der Waals surface area (Å²) in [5.41, 5.74) is 10.8. The molecule has 6 aromatic carbocycles. The van der Waals surface area contributed by atoms with E-state index in [0.29, 0.717) is 0 Å². The number of rotatable bonds is 4. The second-order valence-electron chi connectivity index (χ2n) is 11.6. The average molecular weight is 566 g/mol. The molecular weight excluding hydrogens is 534 g/mol. The smallest absolute Gasteiger partial charge is 0.132 e.